The van der Waals surface area contributed by atoms with Crippen molar-refractivity contribution >= 4 is 5.91 Å². The highest BCUT2D eigenvalue weighted by molar-refractivity contribution is 5.92. The number of rotatable bonds is 5. The van der Waals surface area contributed by atoms with Crippen molar-refractivity contribution in [3.63, 3.8) is 0 Å². The summed E-state index contributed by atoms with van der Waals surface area (Å²) in [4.78, 5) is 12.0. The first-order valence-electron chi connectivity index (χ1n) is 6.16. The molecule has 1 amide bonds. The van der Waals surface area contributed by atoms with E-state index in [2.05, 4.69) is 15.5 Å². The normalized spacial score (nSPS) is 18.8. The number of nitrogens with zero attached hydrogens (tertiary/aromatic N) is 1. The van der Waals surface area contributed by atoms with Gasteiger partial charge < -0.3 is 11.1 Å². The van der Waals surface area contributed by atoms with Crippen molar-refractivity contribution in [2.75, 3.05) is 6.54 Å². The molecule has 1 aliphatic carbocycles. The monoisotopic (exact) mass is 236 g/mol. The molecule has 2 rings (SSSR count). The topological polar surface area (TPSA) is 83.8 Å². The number of nitrogens with two attached hydrogens (primary N) is 1. The lowest BCUT2D eigenvalue weighted by molar-refractivity contribution is 0.0892. The summed E-state index contributed by atoms with van der Waals surface area (Å²) in [6.07, 6.45) is 3.14. The molecule has 1 aromatic rings. The van der Waals surface area contributed by atoms with Gasteiger partial charge in [0.25, 0.3) is 5.91 Å². The first-order chi connectivity index (χ1) is 8.09. The zero-order valence-electron chi connectivity index (χ0n) is 10.4. The van der Waals surface area contributed by atoms with Gasteiger partial charge in [-0.2, -0.15) is 5.10 Å². The lowest BCUT2D eigenvalue weighted by Gasteiger charge is -2.29. The number of hydrogen-bond acceptors (Lipinski definition) is 3. The molecule has 0 radical (unpaired) electrons. The molecule has 0 aromatic carbocycles. The predicted molar refractivity (Wildman–Crippen MR) is 65.6 cm³/mol. The summed E-state index contributed by atoms with van der Waals surface area (Å²) < 4.78 is 0. The quantitative estimate of drug-likeness (QED) is 0.708. The third-order valence-electron chi connectivity index (χ3n) is 3.55. The van der Waals surface area contributed by atoms with E-state index in [4.69, 9.17) is 5.73 Å². The van der Waals surface area contributed by atoms with Gasteiger partial charge in [0.2, 0.25) is 0 Å². The van der Waals surface area contributed by atoms with E-state index < -0.39 is 0 Å². The number of carbonyl (C=O) groups excluding carboxylic acids is 1. The maximum absolute atomic E-state index is 12.0. The van der Waals surface area contributed by atoms with Crippen LogP contribution in [0.15, 0.2) is 6.07 Å². The number of hydrogen-bond donors (Lipinski definition) is 3. The van der Waals surface area contributed by atoms with Crippen molar-refractivity contribution in [1.29, 1.82) is 0 Å². The van der Waals surface area contributed by atoms with Crippen LogP contribution in [0.3, 0.4) is 0 Å². The first kappa shape index (κ1) is 12.1. The molecule has 1 heterocycles. The zero-order chi connectivity index (χ0) is 12.5. The average Bonchev–Trinajstić information content (AvgIpc) is 3.07. The standard InChI is InChI=1S/C12H20N4O/c1-3-9-6-10(16-15-9)11(17)14-12(2,7-13)8-4-5-8/h6,8H,3-5,7,13H2,1-2H3,(H,14,17)(H,15,16). The summed E-state index contributed by atoms with van der Waals surface area (Å²) in [5.41, 5.74) is 6.89. The number of nitrogens with one attached hydrogen (secondary N) is 2. The van der Waals surface area contributed by atoms with E-state index in [1.165, 1.54) is 0 Å². The molecule has 1 fully saturated rings. The van der Waals surface area contributed by atoms with Crippen molar-refractivity contribution in [1.82, 2.24) is 15.5 Å². The van der Waals surface area contributed by atoms with Crippen LogP contribution in [-0.4, -0.2) is 28.2 Å². The largest absolute Gasteiger partial charge is 0.344 e. The average molecular weight is 236 g/mol. The van der Waals surface area contributed by atoms with Crippen LogP contribution in [0.2, 0.25) is 0 Å². The fraction of sp³-hybridized carbons (Fsp3) is 0.667. The molecule has 1 atom stereocenters. The Morgan fingerprint density at radius 1 is 1.71 bits per heavy atom. The van der Waals surface area contributed by atoms with Crippen molar-refractivity contribution in [3.05, 3.63) is 17.5 Å². The molecule has 0 aliphatic heterocycles. The SMILES string of the molecule is CCc1cc(C(=O)NC(C)(CN)C2CC2)n[nH]1. The van der Waals surface area contributed by atoms with E-state index in [9.17, 15) is 4.79 Å². The zero-order valence-corrected chi connectivity index (χ0v) is 10.4. The number of carbonyl (C=O) groups is 1. The van der Waals surface area contributed by atoms with Crippen LogP contribution >= 0.6 is 0 Å². The molecule has 94 valence electrons. The second-order valence-corrected chi connectivity index (χ2v) is 4.98. The fourth-order valence-electron chi connectivity index (χ4n) is 2.02. The molecule has 0 saturated heterocycles. The highest BCUT2D eigenvalue weighted by atomic mass is 16.2. The van der Waals surface area contributed by atoms with Gasteiger partial charge in [0, 0.05) is 12.2 Å². The Kier molecular flexibility index (Phi) is 3.19. The second kappa shape index (κ2) is 4.49. The van der Waals surface area contributed by atoms with Gasteiger partial charge in [-0.3, -0.25) is 9.89 Å². The van der Waals surface area contributed by atoms with Crippen LogP contribution in [0.4, 0.5) is 0 Å². The number of aryl methyl sites for hydroxylation is 1. The van der Waals surface area contributed by atoms with E-state index in [0.717, 1.165) is 25.0 Å². The molecule has 17 heavy (non-hydrogen) atoms. The molecule has 1 aromatic heterocycles. The Labute approximate surface area is 101 Å². The van der Waals surface area contributed by atoms with Gasteiger partial charge in [0.05, 0.1) is 5.54 Å². The van der Waals surface area contributed by atoms with Crippen LogP contribution in [0, 0.1) is 5.92 Å². The Hall–Kier alpha value is -1.36. The van der Waals surface area contributed by atoms with Gasteiger partial charge in [-0.05, 0) is 38.2 Å². The van der Waals surface area contributed by atoms with Gasteiger partial charge in [-0.25, -0.2) is 0 Å². The van der Waals surface area contributed by atoms with Crippen molar-refractivity contribution < 1.29 is 4.79 Å². The Bertz CT molecular complexity index is 410. The Morgan fingerprint density at radius 3 is 2.88 bits per heavy atom. The molecule has 4 N–H and O–H groups in total. The van der Waals surface area contributed by atoms with Crippen molar-refractivity contribution in [3.8, 4) is 0 Å². The number of amides is 1. The Balaban J connectivity index is 2.05. The van der Waals surface area contributed by atoms with E-state index in [1.54, 1.807) is 6.07 Å². The summed E-state index contributed by atoms with van der Waals surface area (Å²) >= 11 is 0. The third-order valence-corrected chi connectivity index (χ3v) is 3.55. The van der Waals surface area contributed by atoms with Crippen molar-refractivity contribution in [2.24, 2.45) is 11.7 Å². The minimum Gasteiger partial charge on any atom is -0.344 e. The summed E-state index contributed by atoms with van der Waals surface area (Å²) in [6, 6.07) is 1.79. The van der Waals surface area contributed by atoms with Gasteiger partial charge in [0.15, 0.2) is 0 Å². The highest BCUT2D eigenvalue weighted by Gasteiger charge is 2.41. The smallest absolute Gasteiger partial charge is 0.272 e. The van der Waals surface area contributed by atoms with Gasteiger partial charge in [-0.1, -0.05) is 6.92 Å². The number of aromatic amines is 1. The predicted octanol–water partition coefficient (Wildman–Crippen LogP) is 0.829. The van der Waals surface area contributed by atoms with E-state index >= 15 is 0 Å². The third kappa shape index (κ3) is 2.49. The molecular formula is C12H20N4O. The lowest BCUT2D eigenvalue weighted by Crippen LogP contribution is -2.53. The minimum absolute atomic E-state index is 0.138. The molecule has 1 unspecified atom stereocenters. The van der Waals surface area contributed by atoms with Crippen LogP contribution in [0.1, 0.15) is 42.9 Å². The Morgan fingerprint density at radius 2 is 2.41 bits per heavy atom. The maximum Gasteiger partial charge on any atom is 0.272 e. The molecule has 5 nitrogen and oxygen atoms in total. The lowest BCUT2D eigenvalue weighted by atomic mass is 9.96. The second-order valence-electron chi connectivity index (χ2n) is 4.98. The molecular weight excluding hydrogens is 216 g/mol. The van der Waals surface area contributed by atoms with Crippen LogP contribution in [0.25, 0.3) is 0 Å². The van der Waals surface area contributed by atoms with Gasteiger partial charge in [-0.15, -0.1) is 0 Å². The summed E-state index contributed by atoms with van der Waals surface area (Å²) in [5.74, 6) is 0.377. The molecule has 0 spiro atoms. The molecule has 1 saturated carbocycles. The fourth-order valence-corrected chi connectivity index (χ4v) is 2.02. The minimum atomic E-state index is -0.289. The van der Waals surface area contributed by atoms with Crippen LogP contribution in [-0.2, 0) is 6.42 Å². The van der Waals surface area contributed by atoms with Crippen molar-refractivity contribution in [2.45, 2.75) is 38.6 Å². The molecule has 1 aliphatic rings. The van der Waals surface area contributed by atoms with Gasteiger partial charge >= 0.3 is 0 Å². The number of H-pyrrole nitrogens is 1. The van der Waals surface area contributed by atoms with Gasteiger partial charge in [0.1, 0.15) is 5.69 Å². The summed E-state index contributed by atoms with van der Waals surface area (Å²) in [7, 11) is 0. The van der Waals surface area contributed by atoms with E-state index in [1.807, 2.05) is 13.8 Å². The molecule has 0 bridgehead atoms. The summed E-state index contributed by atoms with van der Waals surface area (Å²) in [6.45, 7) is 4.49. The van der Waals surface area contributed by atoms with Crippen LogP contribution < -0.4 is 11.1 Å². The highest BCUT2D eigenvalue weighted by Crippen LogP contribution is 2.39. The number of aromatic nitrogens is 2. The van der Waals surface area contributed by atoms with E-state index in [0.29, 0.717) is 18.2 Å². The first-order valence-corrected chi connectivity index (χ1v) is 6.16. The maximum atomic E-state index is 12.0. The summed E-state index contributed by atoms with van der Waals surface area (Å²) in [5, 5.41) is 9.86. The van der Waals surface area contributed by atoms with E-state index in [-0.39, 0.29) is 11.4 Å². The molecule has 5 heteroatoms. The van der Waals surface area contributed by atoms with Crippen LogP contribution in [0.5, 0.6) is 0 Å².